The number of hydrogen-bond donors (Lipinski definition) is 0. The van der Waals surface area contributed by atoms with Crippen molar-refractivity contribution in [3.8, 4) is 0 Å². The summed E-state index contributed by atoms with van der Waals surface area (Å²) >= 11 is 8.19. The van der Waals surface area contributed by atoms with Gasteiger partial charge in [-0.1, -0.05) is 75.2 Å². The molecule has 1 N–H and O–H groups in total. The Morgan fingerprint density at radius 2 is 1.90 bits per heavy atom. The maximum atomic E-state index is 14.2. The summed E-state index contributed by atoms with van der Waals surface area (Å²) in [5.74, 6) is 0.599. The summed E-state index contributed by atoms with van der Waals surface area (Å²) in [6.07, 6.45) is 13.1. The van der Waals surface area contributed by atoms with Gasteiger partial charge >= 0.3 is 0 Å². The molecule has 2 aromatic rings. The Morgan fingerprint density at radius 1 is 1.22 bits per heavy atom. The van der Waals surface area contributed by atoms with Crippen molar-refractivity contribution in [2.45, 2.75) is 86.0 Å². The van der Waals surface area contributed by atoms with Crippen LogP contribution in [0.4, 0.5) is 4.39 Å². The Balaban J connectivity index is 0.00000521. The van der Waals surface area contributed by atoms with Gasteiger partial charge in [-0.3, -0.25) is 6.08 Å². The van der Waals surface area contributed by atoms with Crippen LogP contribution in [0.15, 0.2) is 71.9 Å². The van der Waals surface area contributed by atoms with E-state index >= 15 is 0 Å². The van der Waals surface area contributed by atoms with E-state index in [-0.39, 0.29) is 38.5 Å². The van der Waals surface area contributed by atoms with Gasteiger partial charge in [-0.25, -0.2) is 9.37 Å². The van der Waals surface area contributed by atoms with Crippen LogP contribution in [0, 0.1) is 24.2 Å². The zero-order valence-corrected chi connectivity index (χ0v) is 30.4. The number of nitrogens with one attached hydrogen (secondary N) is 1. The average Bonchev–Trinajstić information content (AvgIpc) is 3.27. The van der Waals surface area contributed by atoms with Crippen molar-refractivity contribution >= 4 is 22.9 Å². The molecule has 0 bridgehead atoms. The number of aryl methyl sites for hydroxylation is 1. The fraction of sp³-hybridized carbons (Fsp3) is 0.457. The second-order valence-electron chi connectivity index (χ2n) is 10.7. The van der Waals surface area contributed by atoms with Crippen LogP contribution in [0.5, 0.6) is 0 Å². The normalized spacial score (nSPS) is 12.6. The van der Waals surface area contributed by atoms with Gasteiger partial charge in [0, 0.05) is 44.0 Å². The molecule has 0 spiro atoms. The second kappa shape index (κ2) is 21.5. The summed E-state index contributed by atoms with van der Waals surface area (Å²) in [6, 6.07) is 5.39. The molecule has 1 atom stereocenters. The zero-order chi connectivity index (χ0) is 30.2. The Bertz CT molecular complexity index is 1180. The average molecular weight is 672 g/mol. The van der Waals surface area contributed by atoms with Gasteiger partial charge in [0.15, 0.2) is 0 Å². The predicted molar refractivity (Wildman–Crippen MR) is 176 cm³/mol. The topological polar surface area (TPSA) is 36.7 Å². The van der Waals surface area contributed by atoms with E-state index < -0.39 is 0 Å². The molecule has 0 amide bonds. The second-order valence-corrected chi connectivity index (χ2v) is 12.2. The number of nitrogens with zero attached hydrogens (tertiary/aromatic N) is 1. The minimum atomic E-state index is -0.133. The van der Waals surface area contributed by atoms with Crippen molar-refractivity contribution in [3.63, 3.8) is 0 Å². The first-order valence-corrected chi connectivity index (χ1v) is 15.4. The van der Waals surface area contributed by atoms with Gasteiger partial charge < -0.3 is 12.3 Å². The number of aromatic nitrogens is 1. The number of hydrogen-bond acceptors (Lipinski definition) is 2. The van der Waals surface area contributed by atoms with E-state index in [0.29, 0.717) is 23.4 Å². The number of rotatable bonds is 16. The molecular formula is C35H48ClFN2SY-2. The molecule has 0 saturated heterocycles. The molecule has 0 aliphatic rings. The first-order chi connectivity index (χ1) is 19.0. The molecule has 223 valence electrons. The minimum Gasteiger partial charge on any atom is -0.680 e. The fourth-order valence-electron chi connectivity index (χ4n) is 4.54. The Hall–Kier alpha value is -1.17. The molecule has 1 radical (unpaired) electrons. The van der Waals surface area contributed by atoms with Crippen LogP contribution in [0.1, 0.15) is 87.7 Å². The maximum Gasteiger partial charge on any atom is 0.143 e. The van der Waals surface area contributed by atoms with E-state index in [1.807, 2.05) is 18.2 Å². The van der Waals surface area contributed by atoms with E-state index in [0.717, 1.165) is 71.5 Å². The van der Waals surface area contributed by atoms with Crippen LogP contribution in [0.25, 0.3) is 5.73 Å². The smallest absolute Gasteiger partial charge is 0.143 e. The summed E-state index contributed by atoms with van der Waals surface area (Å²) < 4.78 is 14.2. The molecule has 1 aromatic heterocycles. The molecule has 2 nitrogen and oxygen atoms in total. The summed E-state index contributed by atoms with van der Waals surface area (Å²) in [4.78, 5) is 5.72. The number of benzene rings is 1. The number of unbranched alkanes of at least 4 members (excludes halogenated alkanes) is 1. The quantitative estimate of drug-likeness (QED) is 0.0757. The Labute approximate surface area is 284 Å². The first kappa shape index (κ1) is 39.8. The van der Waals surface area contributed by atoms with Crippen molar-refractivity contribution in [2.24, 2.45) is 11.8 Å². The fourth-order valence-corrected chi connectivity index (χ4v) is 5.91. The minimum absolute atomic E-state index is 0. The summed E-state index contributed by atoms with van der Waals surface area (Å²) in [5.41, 5.74) is 12.6. The largest absolute Gasteiger partial charge is 0.680 e. The molecule has 0 aliphatic heterocycles. The van der Waals surface area contributed by atoms with Gasteiger partial charge in [-0.2, -0.15) is 7.05 Å². The van der Waals surface area contributed by atoms with Gasteiger partial charge in [0.05, 0.1) is 5.01 Å². The van der Waals surface area contributed by atoms with Crippen LogP contribution in [0.3, 0.4) is 0 Å². The van der Waals surface area contributed by atoms with Gasteiger partial charge in [0.25, 0.3) is 0 Å². The van der Waals surface area contributed by atoms with Crippen molar-refractivity contribution in [2.75, 3.05) is 7.05 Å². The number of thiazole rings is 1. The molecule has 1 unspecified atom stereocenters. The van der Waals surface area contributed by atoms with Gasteiger partial charge in [-0.15, -0.1) is 17.9 Å². The third-order valence-corrected chi connectivity index (χ3v) is 8.50. The number of halogens is 2. The third-order valence-electron chi connectivity index (χ3n) is 6.96. The van der Waals surface area contributed by atoms with E-state index in [1.165, 1.54) is 23.8 Å². The predicted octanol–water partition coefficient (Wildman–Crippen LogP) is 11.5. The van der Waals surface area contributed by atoms with E-state index in [2.05, 4.69) is 58.8 Å². The van der Waals surface area contributed by atoms with E-state index in [1.54, 1.807) is 23.5 Å². The molecule has 0 fully saturated rings. The molecule has 6 heteroatoms. The van der Waals surface area contributed by atoms with Crippen LogP contribution < -0.4 is 0 Å². The van der Waals surface area contributed by atoms with Crippen molar-refractivity contribution in [1.82, 2.24) is 4.98 Å². The molecule has 41 heavy (non-hydrogen) atoms. The molecule has 2 rings (SSSR count). The molecule has 0 saturated carbocycles. The van der Waals surface area contributed by atoms with Gasteiger partial charge in [0.1, 0.15) is 11.0 Å². The molecule has 0 aliphatic carbocycles. The van der Waals surface area contributed by atoms with Crippen LogP contribution in [-0.4, -0.2) is 12.0 Å². The Morgan fingerprint density at radius 3 is 2.51 bits per heavy atom. The van der Waals surface area contributed by atoms with Crippen LogP contribution >= 0.6 is 22.9 Å². The van der Waals surface area contributed by atoms with Crippen LogP contribution in [-0.2, 0) is 52.0 Å². The van der Waals surface area contributed by atoms with Gasteiger partial charge in [0.2, 0.25) is 0 Å². The maximum absolute atomic E-state index is 14.2. The Kier molecular flexibility index (Phi) is 20.9. The third kappa shape index (κ3) is 14.2. The van der Waals surface area contributed by atoms with Crippen molar-refractivity contribution in [1.29, 1.82) is 0 Å². The standard InChI is InChI=1S/C34H44ClFNS.CH4N.Y/c1-9-11-12-14-28(13-10-2)20-25(6)27(8)26(7)24(5)15-18-32-34(35)37-33(38-32)22-29-16-17-31(36)30(21-29)19-23(3)4;1-2;/h1,9-10,16-17,20-21,23-24H,2,7,11-15,18-19,22H2,3-6,8H3;2H,1H3;/q2*-1;/b27-25+,28-20+;;. The van der Waals surface area contributed by atoms with Crippen LogP contribution in [0.2, 0.25) is 5.15 Å². The summed E-state index contributed by atoms with van der Waals surface area (Å²) in [6.45, 7) is 24.7. The molecular weight excluding hydrogens is 624 g/mol. The summed E-state index contributed by atoms with van der Waals surface area (Å²) in [7, 11) is 1.25. The molecule has 1 aromatic carbocycles. The van der Waals surface area contributed by atoms with Crippen molar-refractivity contribution in [3.05, 3.63) is 116 Å². The van der Waals surface area contributed by atoms with Crippen molar-refractivity contribution < 1.29 is 37.1 Å². The number of allylic oxidation sites excluding steroid dienone is 7. The zero-order valence-electron chi connectivity index (χ0n) is 26.0. The monoisotopic (exact) mass is 671 g/mol. The SMILES string of the molecule is C[NH-].[CH-]=CCCC/C(=C/C(C)=C(\C)C(=C)C(C)CCc1sc(Cc2ccc(F)c(CC(C)C)c2)nc1Cl)CC=C.[Y]. The van der Waals surface area contributed by atoms with Gasteiger partial charge in [-0.05, 0) is 98.1 Å². The summed E-state index contributed by atoms with van der Waals surface area (Å²) in [5, 5.41) is 1.56. The van der Waals surface area contributed by atoms with E-state index in [4.69, 9.17) is 23.9 Å². The molecule has 1 heterocycles. The first-order valence-electron chi connectivity index (χ1n) is 14.2. The van der Waals surface area contributed by atoms with E-state index in [9.17, 15) is 4.39 Å².